The van der Waals surface area contributed by atoms with Crippen LogP contribution in [0.1, 0.15) is 0 Å². The van der Waals surface area contributed by atoms with Gasteiger partial charge >= 0.3 is 8.69 Å². The molecule has 4 heteroatoms. The first-order valence-corrected chi connectivity index (χ1v) is 1.15. The third-order valence-electron chi connectivity index (χ3n) is 0. The third kappa shape index (κ3) is 10.3. The zero-order valence-electron chi connectivity index (χ0n) is 1.60. The van der Waals surface area contributed by atoms with Crippen LogP contribution in [0.15, 0.2) is 0 Å². The second-order valence-electron chi connectivity index (χ2n) is 0.0816. The largest absolute Gasteiger partial charge is 0.324 e. The van der Waals surface area contributed by atoms with Gasteiger partial charge in [-0.25, -0.2) is 4.57 Å². The second-order valence-corrected chi connectivity index (χ2v) is 0.245. The average molecular weight is 229 g/mol. The summed E-state index contributed by atoms with van der Waals surface area (Å²) in [5, 5.41) is 0. The molecule has 2 nitrogen and oxygen atoms in total. The topological polar surface area (TPSA) is 37.3 Å². The maximum atomic E-state index is 8.46. The van der Waals surface area contributed by atoms with Crippen molar-refractivity contribution in [2.75, 3.05) is 0 Å². The molecule has 0 aliphatic rings. The maximum Gasteiger partial charge on any atom is 0.324 e. The van der Waals surface area contributed by atoms with Crippen molar-refractivity contribution in [3.63, 3.8) is 0 Å². The number of rotatable bonds is 0. The van der Waals surface area contributed by atoms with Crippen LogP contribution in [-0.4, -0.2) is 4.89 Å². The number of hydrogen-bond donors (Lipinski definition) is 1. The zero-order chi connectivity index (χ0) is 2.71. The van der Waals surface area contributed by atoms with Crippen molar-refractivity contribution in [2.24, 2.45) is 0 Å². The molecule has 0 saturated carbocycles. The van der Waals surface area contributed by atoms with Crippen LogP contribution in [0.25, 0.3) is 0 Å². The van der Waals surface area contributed by atoms with Gasteiger partial charge in [-0.2, -0.15) is 0 Å². The monoisotopic (exact) mass is 229 g/mol. The molecule has 0 rings (SSSR count). The van der Waals surface area contributed by atoms with Crippen molar-refractivity contribution in [2.45, 2.75) is 0 Å². The van der Waals surface area contributed by atoms with Crippen LogP contribution in [0.2, 0.25) is 0 Å². The van der Waals surface area contributed by atoms with E-state index in [-0.39, 0.29) is 37.7 Å². The van der Waals surface area contributed by atoms with E-state index in [1.54, 1.807) is 0 Å². The molecule has 0 bridgehead atoms. The predicted octanol–water partition coefficient (Wildman–Crippen LogP) is 0.185. The van der Waals surface area contributed by atoms with Crippen LogP contribution >= 0.6 is 8.69 Å². The summed E-state index contributed by atoms with van der Waals surface area (Å²) in [7, 11) is -0.833. The number of hydrogen-bond acceptors (Lipinski definition) is 1. The summed E-state index contributed by atoms with van der Waals surface area (Å²) in [6.07, 6.45) is 0. The van der Waals surface area contributed by atoms with E-state index in [1.165, 1.54) is 0 Å². The Bertz CT molecular complexity index is 13.5. The fourth-order valence-corrected chi connectivity index (χ4v) is 0. The van der Waals surface area contributed by atoms with Crippen molar-refractivity contribution >= 4 is 8.69 Å². The summed E-state index contributed by atoms with van der Waals surface area (Å²) in [6, 6.07) is 0. The van der Waals surface area contributed by atoms with Crippen molar-refractivity contribution in [1.29, 1.82) is 0 Å². The molecule has 0 atom stereocenters. The molecule has 0 aromatic carbocycles. The molecule has 0 unspecified atom stereocenters. The SMILES string of the molecule is O=PO.[Ho]. The molecular weight excluding hydrogens is 228 g/mol. The Balaban J connectivity index is 0. The Morgan fingerprint density at radius 2 is 1.75 bits per heavy atom. The summed E-state index contributed by atoms with van der Waals surface area (Å²) < 4.78 is 8.46. The molecule has 1 N–H and O–H groups in total. The molecule has 0 spiro atoms. The molecule has 1 radical (unpaired) electrons. The van der Waals surface area contributed by atoms with Gasteiger partial charge in [-0.1, -0.05) is 0 Å². The van der Waals surface area contributed by atoms with Gasteiger partial charge in [0.15, 0.2) is 0 Å². The van der Waals surface area contributed by atoms with Gasteiger partial charge in [0.25, 0.3) is 0 Å². The Morgan fingerprint density at radius 1 is 1.75 bits per heavy atom. The van der Waals surface area contributed by atoms with Crippen molar-refractivity contribution in [3.05, 3.63) is 0 Å². The van der Waals surface area contributed by atoms with Crippen molar-refractivity contribution in [3.8, 4) is 0 Å². The van der Waals surface area contributed by atoms with Crippen LogP contribution in [-0.2, 0) is 4.57 Å². The molecule has 29 valence electrons. The molecule has 0 heterocycles. The smallest absolute Gasteiger partial charge is 0.310 e. The van der Waals surface area contributed by atoms with Gasteiger partial charge in [0.1, 0.15) is 0 Å². The normalized spacial score (nSPS) is 5.25. The van der Waals surface area contributed by atoms with E-state index in [0.29, 0.717) is 0 Å². The fraction of sp³-hybridized carbons (Fsp3) is 0. The summed E-state index contributed by atoms with van der Waals surface area (Å²) in [5.74, 6) is 0. The summed E-state index contributed by atoms with van der Waals surface area (Å²) in [4.78, 5) is 6.99. The average Bonchev–Trinajstić information content (AvgIpc) is 0.918. The van der Waals surface area contributed by atoms with Crippen LogP contribution < -0.4 is 0 Å². The molecule has 0 aliphatic carbocycles. The molecule has 0 fully saturated rings. The Morgan fingerprint density at radius 3 is 1.75 bits per heavy atom. The van der Waals surface area contributed by atoms with Gasteiger partial charge in [0.2, 0.25) is 0 Å². The third-order valence-corrected chi connectivity index (χ3v) is 0. The van der Waals surface area contributed by atoms with Gasteiger partial charge in [-0.05, 0) is 0 Å². The van der Waals surface area contributed by atoms with E-state index < -0.39 is 8.69 Å². The predicted molar refractivity (Wildman–Crippen MR) is 9.83 cm³/mol. The van der Waals surface area contributed by atoms with E-state index in [0.717, 1.165) is 0 Å². The first-order chi connectivity index (χ1) is 1.41. The molecule has 0 aromatic rings. The Hall–Kier alpha value is 1.32. The summed E-state index contributed by atoms with van der Waals surface area (Å²) in [5.41, 5.74) is 0. The molecule has 0 saturated heterocycles. The second kappa shape index (κ2) is 8.85. The first kappa shape index (κ1) is 9.01. The quantitative estimate of drug-likeness (QED) is 0.475. The van der Waals surface area contributed by atoms with Gasteiger partial charge < -0.3 is 4.89 Å². The Labute approximate surface area is 55.5 Å². The van der Waals surface area contributed by atoms with E-state index in [1.807, 2.05) is 0 Å². The van der Waals surface area contributed by atoms with Crippen LogP contribution in [0, 0.1) is 37.7 Å². The van der Waals surface area contributed by atoms with Crippen molar-refractivity contribution in [1.82, 2.24) is 0 Å². The summed E-state index contributed by atoms with van der Waals surface area (Å²) >= 11 is 0. The minimum absolute atomic E-state index is 0. The molecule has 4 heavy (non-hydrogen) atoms. The first-order valence-electron chi connectivity index (χ1n) is 0.383. The van der Waals surface area contributed by atoms with E-state index in [4.69, 9.17) is 9.46 Å². The van der Waals surface area contributed by atoms with Crippen LogP contribution in [0.5, 0.6) is 0 Å². The molecule has 0 amide bonds. The molecule has 0 aliphatic heterocycles. The Kier molecular flexibility index (Phi) is 19.9. The summed E-state index contributed by atoms with van der Waals surface area (Å²) in [6.45, 7) is 0. The standard InChI is InChI=1S/Ho.HO2P/c;1-3-2/h;(H,1,2). The molecular formula is HHoO2P. The van der Waals surface area contributed by atoms with Gasteiger partial charge in [-0.15, -0.1) is 0 Å². The fourth-order valence-electron chi connectivity index (χ4n) is 0. The zero-order valence-corrected chi connectivity index (χ0v) is 4.43. The minimum atomic E-state index is -0.833. The maximum absolute atomic E-state index is 8.46. The minimum Gasteiger partial charge on any atom is -0.310 e. The van der Waals surface area contributed by atoms with Crippen LogP contribution in [0.4, 0.5) is 0 Å². The van der Waals surface area contributed by atoms with Gasteiger partial charge in [0.05, 0.1) is 0 Å². The van der Waals surface area contributed by atoms with Crippen LogP contribution in [0.3, 0.4) is 0 Å². The van der Waals surface area contributed by atoms with Crippen molar-refractivity contribution < 1.29 is 47.2 Å². The van der Waals surface area contributed by atoms with E-state index in [9.17, 15) is 0 Å². The van der Waals surface area contributed by atoms with E-state index >= 15 is 0 Å². The molecule has 0 aromatic heterocycles. The van der Waals surface area contributed by atoms with Gasteiger partial charge in [-0.3, -0.25) is 0 Å². The van der Waals surface area contributed by atoms with Gasteiger partial charge in [0, 0.05) is 37.7 Å². The van der Waals surface area contributed by atoms with E-state index in [2.05, 4.69) is 0 Å².